The molecule has 2 N–H and O–H groups in total. The number of benzene rings is 2. The van der Waals surface area contributed by atoms with Crippen molar-refractivity contribution in [3.05, 3.63) is 69.2 Å². The predicted octanol–water partition coefficient (Wildman–Crippen LogP) is 6.56. The Labute approximate surface area is 227 Å². The lowest BCUT2D eigenvalue weighted by Gasteiger charge is -2.29. The van der Waals surface area contributed by atoms with Gasteiger partial charge in [-0.25, -0.2) is 0 Å². The van der Waals surface area contributed by atoms with Crippen molar-refractivity contribution < 1.29 is 22.8 Å². The molecule has 0 radical (unpaired) electrons. The van der Waals surface area contributed by atoms with Gasteiger partial charge >= 0.3 is 6.18 Å². The van der Waals surface area contributed by atoms with Crippen LogP contribution in [-0.4, -0.2) is 38.9 Å². The van der Waals surface area contributed by atoms with Crippen LogP contribution < -0.4 is 5.73 Å². The number of carbonyl (C=O) groups excluding carboxylic acids is 2. The standard InChI is InChI=1S/C27H26ClF3N4O2S/c28-21-7-6-19(22(11-21)27(29,30)31)15-35-23-8-5-18(9-20(23)13-33-35)10-24-25(36)34(26(37)38-24)14-17-3-1-16(12-32)2-4-17/h5-11,13,16-17H,1-4,12,14-15,32H2/b24-10-/t16-,17-. The molecule has 11 heteroatoms. The summed E-state index contributed by atoms with van der Waals surface area (Å²) in [5.41, 5.74) is 6.37. The summed E-state index contributed by atoms with van der Waals surface area (Å²) in [6.07, 6.45) is 2.68. The number of carbonyl (C=O) groups is 2. The van der Waals surface area contributed by atoms with E-state index in [0.29, 0.717) is 46.3 Å². The van der Waals surface area contributed by atoms with Gasteiger partial charge in [-0.05, 0) is 97.3 Å². The van der Waals surface area contributed by atoms with Crippen molar-refractivity contribution in [2.24, 2.45) is 17.6 Å². The van der Waals surface area contributed by atoms with Crippen LogP contribution in [0.3, 0.4) is 0 Å². The molecule has 1 aromatic heterocycles. The molecule has 2 aromatic carbocycles. The van der Waals surface area contributed by atoms with Crippen molar-refractivity contribution in [2.75, 3.05) is 13.1 Å². The third-order valence-corrected chi connectivity index (χ3v) is 8.42. The quantitative estimate of drug-likeness (QED) is 0.344. The van der Waals surface area contributed by atoms with Crippen molar-refractivity contribution >= 4 is 51.5 Å². The third kappa shape index (κ3) is 5.62. The lowest BCUT2D eigenvalue weighted by Crippen LogP contribution is -2.35. The molecule has 2 aliphatic rings. The summed E-state index contributed by atoms with van der Waals surface area (Å²) >= 11 is 6.72. The van der Waals surface area contributed by atoms with Crippen molar-refractivity contribution in [1.29, 1.82) is 0 Å². The van der Waals surface area contributed by atoms with Gasteiger partial charge in [-0.15, -0.1) is 0 Å². The molecule has 1 saturated heterocycles. The van der Waals surface area contributed by atoms with Gasteiger partial charge in [-0.1, -0.05) is 23.7 Å². The zero-order valence-electron chi connectivity index (χ0n) is 20.4. The monoisotopic (exact) mass is 562 g/mol. The largest absolute Gasteiger partial charge is 0.416 e. The minimum absolute atomic E-state index is 0.0134. The highest BCUT2D eigenvalue weighted by Gasteiger charge is 2.37. The second kappa shape index (κ2) is 10.7. The normalized spacial score (nSPS) is 21.7. The van der Waals surface area contributed by atoms with Gasteiger partial charge in [0.15, 0.2) is 0 Å². The number of fused-ring (bicyclic) bond motifs is 1. The number of aromatic nitrogens is 2. The van der Waals surface area contributed by atoms with Crippen LogP contribution in [0.1, 0.15) is 42.4 Å². The molecule has 1 saturated carbocycles. The second-order valence-corrected chi connectivity index (χ2v) is 11.3. The first-order chi connectivity index (χ1) is 18.1. The number of imide groups is 1. The first-order valence-electron chi connectivity index (χ1n) is 12.4. The third-order valence-electron chi connectivity index (χ3n) is 7.28. The summed E-state index contributed by atoms with van der Waals surface area (Å²) in [6, 6.07) is 9.00. The summed E-state index contributed by atoms with van der Waals surface area (Å²) in [7, 11) is 0. The van der Waals surface area contributed by atoms with E-state index in [2.05, 4.69) is 5.10 Å². The van der Waals surface area contributed by atoms with Crippen LogP contribution in [0.15, 0.2) is 47.5 Å². The molecule has 0 unspecified atom stereocenters. The average molecular weight is 563 g/mol. The highest BCUT2D eigenvalue weighted by atomic mass is 35.5. The lowest BCUT2D eigenvalue weighted by molar-refractivity contribution is -0.138. The van der Waals surface area contributed by atoms with Crippen molar-refractivity contribution in [1.82, 2.24) is 14.7 Å². The van der Waals surface area contributed by atoms with E-state index in [1.165, 1.54) is 21.7 Å². The number of rotatable bonds is 6. The van der Waals surface area contributed by atoms with E-state index in [4.69, 9.17) is 17.3 Å². The molecule has 2 amide bonds. The Bertz CT molecular complexity index is 1410. The van der Waals surface area contributed by atoms with Gasteiger partial charge in [-0.3, -0.25) is 19.2 Å². The molecule has 1 aliphatic heterocycles. The van der Waals surface area contributed by atoms with Crippen LogP contribution in [0.4, 0.5) is 18.0 Å². The number of hydrogen-bond acceptors (Lipinski definition) is 5. The maximum Gasteiger partial charge on any atom is 0.416 e. The minimum atomic E-state index is -4.54. The van der Waals surface area contributed by atoms with Gasteiger partial charge in [0.25, 0.3) is 11.1 Å². The molecule has 5 rings (SSSR count). The molecule has 0 spiro atoms. The maximum atomic E-state index is 13.5. The summed E-state index contributed by atoms with van der Waals surface area (Å²) in [6.45, 7) is 1.02. The summed E-state index contributed by atoms with van der Waals surface area (Å²) < 4.78 is 42.0. The van der Waals surface area contributed by atoms with E-state index in [1.54, 1.807) is 30.5 Å². The van der Waals surface area contributed by atoms with Crippen molar-refractivity contribution in [2.45, 2.75) is 38.4 Å². The Balaban J connectivity index is 1.32. The molecule has 2 fully saturated rings. The minimum Gasteiger partial charge on any atom is -0.330 e. The molecular weight excluding hydrogens is 537 g/mol. The lowest BCUT2D eigenvalue weighted by atomic mass is 9.82. The van der Waals surface area contributed by atoms with Crippen LogP contribution in [0.5, 0.6) is 0 Å². The first-order valence-corrected chi connectivity index (χ1v) is 13.6. The maximum absolute atomic E-state index is 13.5. The van der Waals surface area contributed by atoms with Crippen molar-refractivity contribution in [3.63, 3.8) is 0 Å². The summed E-state index contributed by atoms with van der Waals surface area (Å²) in [5.74, 6) is 0.531. The van der Waals surface area contributed by atoms with E-state index < -0.39 is 11.7 Å². The molecule has 0 bridgehead atoms. The smallest absolute Gasteiger partial charge is 0.330 e. The number of thioether (sulfide) groups is 1. The van der Waals surface area contributed by atoms with Crippen LogP contribution >= 0.6 is 23.4 Å². The molecule has 3 aromatic rings. The number of alkyl halides is 3. The Kier molecular flexibility index (Phi) is 7.57. The fourth-order valence-corrected chi connectivity index (χ4v) is 6.17. The zero-order valence-corrected chi connectivity index (χ0v) is 22.0. The molecule has 0 atom stereocenters. The topological polar surface area (TPSA) is 81.2 Å². The fraction of sp³-hybridized carbons (Fsp3) is 0.370. The first kappa shape index (κ1) is 26.8. The van der Waals surface area contributed by atoms with Crippen LogP contribution in [0.2, 0.25) is 5.02 Å². The van der Waals surface area contributed by atoms with Gasteiger partial charge in [0.05, 0.1) is 28.7 Å². The molecule has 1 aliphatic carbocycles. The summed E-state index contributed by atoms with van der Waals surface area (Å²) in [4.78, 5) is 27.3. The van der Waals surface area contributed by atoms with Gasteiger partial charge in [0, 0.05) is 17.0 Å². The number of amides is 2. The Morgan fingerprint density at radius 1 is 1.08 bits per heavy atom. The second-order valence-electron chi connectivity index (χ2n) is 9.83. The SMILES string of the molecule is NC[C@H]1CC[C@H](CN2C(=O)S/C(=C\c3ccc4c(cnn4Cc4ccc(Cl)cc4C(F)(F)F)c3)C2=O)CC1. The molecular formula is C27H26ClF3N4O2S. The Morgan fingerprint density at radius 3 is 2.53 bits per heavy atom. The van der Waals surface area contributed by atoms with Crippen LogP contribution in [0.25, 0.3) is 17.0 Å². The van der Waals surface area contributed by atoms with Crippen molar-refractivity contribution in [3.8, 4) is 0 Å². The Hall–Kier alpha value is -2.82. The van der Waals surface area contributed by atoms with Gasteiger partial charge in [0.1, 0.15) is 0 Å². The van der Waals surface area contributed by atoms with E-state index in [1.807, 2.05) is 0 Å². The molecule has 6 nitrogen and oxygen atoms in total. The number of nitrogens with zero attached hydrogens (tertiary/aromatic N) is 3. The number of hydrogen-bond donors (Lipinski definition) is 1. The summed E-state index contributed by atoms with van der Waals surface area (Å²) in [5, 5.41) is 4.73. The fourth-order valence-electron chi connectivity index (χ4n) is 5.15. The molecule has 2 heterocycles. The molecule has 200 valence electrons. The number of halogens is 4. The number of nitrogens with two attached hydrogens (primary N) is 1. The van der Waals surface area contributed by atoms with Crippen LogP contribution in [-0.2, 0) is 17.5 Å². The highest BCUT2D eigenvalue weighted by molar-refractivity contribution is 8.18. The average Bonchev–Trinajstić information content (AvgIpc) is 3.40. The van der Waals surface area contributed by atoms with E-state index >= 15 is 0 Å². The predicted molar refractivity (Wildman–Crippen MR) is 142 cm³/mol. The highest BCUT2D eigenvalue weighted by Crippen LogP contribution is 2.37. The van der Waals surface area contributed by atoms with Crippen LogP contribution in [0, 0.1) is 11.8 Å². The van der Waals surface area contributed by atoms with Gasteiger partial charge in [-0.2, -0.15) is 18.3 Å². The Morgan fingerprint density at radius 2 is 1.82 bits per heavy atom. The van der Waals surface area contributed by atoms with E-state index in [0.717, 1.165) is 43.5 Å². The molecule has 38 heavy (non-hydrogen) atoms. The van der Waals surface area contributed by atoms with Gasteiger partial charge in [0.2, 0.25) is 0 Å². The zero-order chi connectivity index (χ0) is 27.0. The van der Waals surface area contributed by atoms with E-state index in [-0.39, 0.29) is 28.3 Å². The van der Waals surface area contributed by atoms with E-state index in [9.17, 15) is 22.8 Å². The van der Waals surface area contributed by atoms with Gasteiger partial charge < -0.3 is 5.73 Å².